The zero-order valence-electron chi connectivity index (χ0n) is 11.5. The van der Waals surface area contributed by atoms with Crippen molar-refractivity contribution in [3.63, 3.8) is 0 Å². The van der Waals surface area contributed by atoms with E-state index in [0.717, 1.165) is 30.7 Å². The lowest BCUT2D eigenvalue weighted by Crippen LogP contribution is -1.97. The SMILES string of the molecule is CCOc1ccc2nc(CCCCCCN)sc2c1. The second-order valence-corrected chi connectivity index (χ2v) is 5.74. The average molecular weight is 278 g/mol. The molecule has 1 aromatic carbocycles. The molecule has 0 unspecified atom stereocenters. The minimum Gasteiger partial charge on any atom is -0.494 e. The number of fused-ring (bicyclic) bond motifs is 1. The maximum Gasteiger partial charge on any atom is 0.120 e. The molecular weight excluding hydrogens is 256 g/mol. The highest BCUT2D eigenvalue weighted by Crippen LogP contribution is 2.27. The van der Waals surface area contributed by atoms with Crippen molar-refractivity contribution in [2.45, 2.75) is 39.0 Å². The van der Waals surface area contributed by atoms with E-state index in [9.17, 15) is 0 Å². The van der Waals surface area contributed by atoms with E-state index in [0.29, 0.717) is 6.61 Å². The largest absolute Gasteiger partial charge is 0.494 e. The molecule has 2 rings (SSSR count). The van der Waals surface area contributed by atoms with Crippen LogP contribution in [0.1, 0.15) is 37.6 Å². The van der Waals surface area contributed by atoms with Gasteiger partial charge in [0, 0.05) is 0 Å². The molecule has 104 valence electrons. The summed E-state index contributed by atoms with van der Waals surface area (Å²) < 4.78 is 6.74. The summed E-state index contributed by atoms with van der Waals surface area (Å²) in [6.45, 7) is 3.52. The van der Waals surface area contributed by atoms with Crippen molar-refractivity contribution in [3.8, 4) is 5.75 Å². The van der Waals surface area contributed by atoms with Gasteiger partial charge in [-0.15, -0.1) is 11.3 Å². The first-order valence-electron chi connectivity index (χ1n) is 7.06. The number of ether oxygens (including phenoxy) is 1. The minimum absolute atomic E-state index is 0.707. The molecule has 0 saturated heterocycles. The van der Waals surface area contributed by atoms with Crippen LogP contribution >= 0.6 is 11.3 Å². The van der Waals surface area contributed by atoms with Crippen LogP contribution in [0.2, 0.25) is 0 Å². The van der Waals surface area contributed by atoms with Crippen molar-refractivity contribution in [1.82, 2.24) is 4.98 Å². The number of aryl methyl sites for hydroxylation is 1. The highest BCUT2D eigenvalue weighted by molar-refractivity contribution is 7.18. The van der Waals surface area contributed by atoms with Crippen LogP contribution in [-0.4, -0.2) is 18.1 Å². The fourth-order valence-electron chi connectivity index (χ4n) is 2.09. The lowest BCUT2D eigenvalue weighted by Gasteiger charge is -2.00. The lowest BCUT2D eigenvalue weighted by atomic mass is 10.1. The maximum atomic E-state index is 5.52. The number of aromatic nitrogens is 1. The van der Waals surface area contributed by atoms with Gasteiger partial charge >= 0.3 is 0 Å². The maximum absolute atomic E-state index is 5.52. The van der Waals surface area contributed by atoms with Crippen molar-refractivity contribution in [3.05, 3.63) is 23.2 Å². The van der Waals surface area contributed by atoms with Crippen LogP contribution < -0.4 is 10.5 Å². The number of hydrogen-bond acceptors (Lipinski definition) is 4. The van der Waals surface area contributed by atoms with Crippen LogP contribution in [0.5, 0.6) is 5.75 Å². The summed E-state index contributed by atoms with van der Waals surface area (Å²) in [5.74, 6) is 0.938. The highest BCUT2D eigenvalue weighted by Gasteiger charge is 2.05. The molecule has 0 amide bonds. The minimum atomic E-state index is 0.707. The molecule has 0 fully saturated rings. The first-order chi connectivity index (χ1) is 9.33. The van der Waals surface area contributed by atoms with Crippen molar-refractivity contribution in [2.24, 2.45) is 5.73 Å². The quantitative estimate of drug-likeness (QED) is 0.748. The van der Waals surface area contributed by atoms with Crippen LogP contribution in [0.25, 0.3) is 10.2 Å². The summed E-state index contributed by atoms with van der Waals surface area (Å²) in [5, 5.41) is 1.23. The summed E-state index contributed by atoms with van der Waals surface area (Å²) in [7, 11) is 0. The molecular formula is C15H22N2OS. The van der Waals surface area contributed by atoms with Gasteiger partial charge in [-0.3, -0.25) is 0 Å². The van der Waals surface area contributed by atoms with Gasteiger partial charge in [0.25, 0.3) is 0 Å². The van der Waals surface area contributed by atoms with Crippen molar-refractivity contribution < 1.29 is 4.74 Å². The Bertz CT molecular complexity index is 510. The number of thiazole rings is 1. The Morgan fingerprint density at radius 1 is 1.21 bits per heavy atom. The van der Waals surface area contributed by atoms with Crippen LogP contribution in [0.4, 0.5) is 0 Å². The number of benzene rings is 1. The Hall–Kier alpha value is -1.13. The highest BCUT2D eigenvalue weighted by atomic mass is 32.1. The summed E-state index contributed by atoms with van der Waals surface area (Å²) in [4.78, 5) is 4.67. The first kappa shape index (κ1) is 14.3. The van der Waals surface area contributed by atoms with Crippen molar-refractivity contribution >= 4 is 21.6 Å². The van der Waals surface area contributed by atoms with Gasteiger partial charge in [0.1, 0.15) is 5.75 Å². The van der Waals surface area contributed by atoms with E-state index < -0.39 is 0 Å². The molecule has 2 aromatic rings. The molecule has 0 atom stereocenters. The second-order valence-electron chi connectivity index (χ2n) is 4.62. The third kappa shape index (κ3) is 4.18. The van der Waals surface area contributed by atoms with E-state index in [1.165, 1.54) is 29.0 Å². The molecule has 0 spiro atoms. The standard InChI is InChI=1S/C15H22N2OS/c1-2-18-12-8-9-13-14(11-12)19-15(17-13)7-5-3-4-6-10-16/h8-9,11H,2-7,10,16H2,1H3. The van der Waals surface area contributed by atoms with Crippen molar-refractivity contribution in [2.75, 3.05) is 13.2 Å². The van der Waals surface area contributed by atoms with Crippen molar-refractivity contribution in [1.29, 1.82) is 0 Å². The normalized spacial score (nSPS) is 11.1. The van der Waals surface area contributed by atoms with Crippen LogP contribution in [0.15, 0.2) is 18.2 Å². The van der Waals surface area contributed by atoms with E-state index in [1.807, 2.05) is 13.0 Å². The molecule has 2 N–H and O–H groups in total. The van der Waals surface area contributed by atoms with Gasteiger partial charge in [-0.25, -0.2) is 4.98 Å². The fourth-order valence-corrected chi connectivity index (χ4v) is 3.13. The zero-order valence-corrected chi connectivity index (χ0v) is 12.3. The molecule has 1 aromatic heterocycles. The number of unbranched alkanes of at least 4 members (excludes halogenated alkanes) is 3. The molecule has 0 bridgehead atoms. The van der Waals surface area contributed by atoms with Gasteiger partial charge in [-0.2, -0.15) is 0 Å². The van der Waals surface area contributed by atoms with Crippen LogP contribution in [0.3, 0.4) is 0 Å². The molecule has 4 heteroatoms. The lowest BCUT2D eigenvalue weighted by molar-refractivity contribution is 0.341. The summed E-state index contributed by atoms with van der Waals surface area (Å²) in [5.41, 5.74) is 6.58. The average Bonchev–Trinajstić information content (AvgIpc) is 2.81. The Morgan fingerprint density at radius 2 is 2.05 bits per heavy atom. The molecule has 0 aliphatic heterocycles. The van der Waals surface area contributed by atoms with Gasteiger partial charge in [0.15, 0.2) is 0 Å². The van der Waals surface area contributed by atoms with Gasteiger partial charge in [-0.05, 0) is 50.9 Å². The Labute approximate surface area is 118 Å². The summed E-state index contributed by atoms with van der Waals surface area (Å²) in [6.07, 6.45) is 5.90. The summed E-state index contributed by atoms with van der Waals surface area (Å²) in [6, 6.07) is 6.14. The molecule has 0 aliphatic carbocycles. The predicted octanol–water partition coefficient (Wildman–Crippen LogP) is 3.76. The first-order valence-corrected chi connectivity index (χ1v) is 7.87. The van der Waals surface area contributed by atoms with E-state index in [1.54, 1.807) is 11.3 Å². The molecule has 0 saturated carbocycles. The number of nitrogens with two attached hydrogens (primary N) is 1. The molecule has 3 nitrogen and oxygen atoms in total. The molecule has 1 heterocycles. The zero-order chi connectivity index (χ0) is 13.5. The third-order valence-corrected chi connectivity index (χ3v) is 4.14. The predicted molar refractivity (Wildman–Crippen MR) is 82.0 cm³/mol. The summed E-state index contributed by atoms with van der Waals surface area (Å²) >= 11 is 1.79. The number of hydrogen-bond donors (Lipinski definition) is 1. The van der Waals surface area contributed by atoms with Gasteiger partial charge < -0.3 is 10.5 Å². The van der Waals surface area contributed by atoms with Crippen LogP contribution in [0, 0.1) is 0 Å². The smallest absolute Gasteiger partial charge is 0.120 e. The molecule has 19 heavy (non-hydrogen) atoms. The fraction of sp³-hybridized carbons (Fsp3) is 0.533. The molecule has 0 radical (unpaired) electrons. The monoisotopic (exact) mass is 278 g/mol. The third-order valence-electron chi connectivity index (χ3n) is 3.06. The van der Waals surface area contributed by atoms with E-state index >= 15 is 0 Å². The van der Waals surface area contributed by atoms with E-state index in [2.05, 4.69) is 17.1 Å². The number of nitrogens with zero attached hydrogens (tertiary/aromatic N) is 1. The van der Waals surface area contributed by atoms with E-state index in [-0.39, 0.29) is 0 Å². The van der Waals surface area contributed by atoms with Gasteiger partial charge in [0.2, 0.25) is 0 Å². The Kier molecular flexibility index (Phi) is 5.61. The van der Waals surface area contributed by atoms with E-state index in [4.69, 9.17) is 10.5 Å². The second kappa shape index (κ2) is 7.46. The van der Waals surface area contributed by atoms with Gasteiger partial charge in [-0.1, -0.05) is 12.8 Å². The topological polar surface area (TPSA) is 48.1 Å². The number of rotatable bonds is 8. The van der Waals surface area contributed by atoms with Crippen LogP contribution in [-0.2, 0) is 6.42 Å². The Morgan fingerprint density at radius 3 is 2.84 bits per heavy atom. The van der Waals surface area contributed by atoms with Gasteiger partial charge in [0.05, 0.1) is 21.8 Å². The molecule has 0 aliphatic rings. The Balaban J connectivity index is 1.93.